The summed E-state index contributed by atoms with van der Waals surface area (Å²) in [5.41, 5.74) is 0. The molecule has 0 bridgehead atoms. The van der Waals surface area contributed by atoms with Crippen LogP contribution in [0.3, 0.4) is 0 Å². The molecule has 32 heteroatoms. The Kier molecular flexibility index (Phi) is 23.0. The monoisotopic (exact) mass is 1080 g/mol. The molecule has 0 aromatic heterocycles. The molecule has 5 fully saturated rings. The minimum Gasteiger partial charge on any atom is -0.394 e. The zero-order chi connectivity index (χ0) is 55.2. The van der Waals surface area contributed by atoms with E-state index < -0.39 is 229 Å². The summed E-state index contributed by atoms with van der Waals surface area (Å²) < 4.78 is 58.6. The molecule has 74 heavy (non-hydrogen) atoms. The number of aliphatic hydroxyl groups is 16. The summed E-state index contributed by atoms with van der Waals surface area (Å²) in [5.74, 6) is -2.46. The van der Waals surface area contributed by atoms with Crippen LogP contribution in [-0.4, -0.2) is 310 Å². The van der Waals surface area contributed by atoms with E-state index in [0.717, 1.165) is 20.8 Å². The number of amides is 3. The molecule has 32 nitrogen and oxygen atoms in total. The van der Waals surface area contributed by atoms with Gasteiger partial charge in [-0.25, -0.2) is 0 Å². The van der Waals surface area contributed by atoms with Crippen LogP contribution in [0, 0.1) is 0 Å². The number of aliphatic hydroxyl groups excluding tert-OH is 16. The van der Waals surface area contributed by atoms with E-state index in [0.29, 0.717) is 0 Å². The Morgan fingerprint density at radius 1 is 0.486 bits per heavy atom. The Balaban J connectivity index is 1.49. The van der Waals surface area contributed by atoms with E-state index in [4.69, 9.17) is 47.4 Å². The molecule has 0 radical (unpaired) electrons. The van der Waals surface area contributed by atoms with Crippen LogP contribution in [-0.2, 0) is 61.8 Å². The summed E-state index contributed by atoms with van der Waals surface area (Å²) in [6, 6.07) is -5.09. The Hall–Kier alpha value is -2.63. The number of rotatable bonds is 21. The van der Waals surface area contributed by atoms with E-state index in [1.165, 1.54) is 13.8 Å². The van der Waals surface area contributed by atoms with Gasteiger partial charge in [-0.1, -0.05) is 0 Å². The third-order valence-corrected chi connectivity index (χ3v) is 13.2. The summed E-state index contributed by atoms with van der Waals surface area (Å²) in [6.45, 7) is 0.640. The molecule has 19 N–H and O–H groups in total. The summed E-state index contributed by atoms with van der Waals surface area (Å²) in [5, 5.41) is 179. The molecule has 0 saturated carbocycles. The van der Waals surface area contributed by atoms with Crippen molar-refractivity contribution in [3.8, 4) is 0 Å². The van der Waals surface area contributed by atoms with Gasteiger partial charge < -0.3 is 145 Å². The van der Waals surface area contributed by atoms with Crippen LogP contribution in [0.25, 0.3) is 0 Å². The number of carbonyl (C=O) groups excluding carboxylic acids is 3. The van der Waals surface area contributed by atoms with Gasteiger partial charge in [0.15, 0.2) is 31.5 Å². The van der Waals surface area contributed by atoms with Crippen molar-refractivity contribution in [1.82, 2.24) is 16.0 Å². The van der Waals surface area contributed by atoms with E-state index in [9.17, 15) is 96.1 Å². The average Bonchev–Trinajstić information content (AvgIpc) is 3.35. The highest BCUT2D eigenvalue weighted by Gasteiger charge is 2.56. The van der Waals surface area contributed by atoms with E-state index in [1.54, 1.807) is 0 Å². The van der Waals surface area contributed by atoms with Crippen LogP contribution >= 0.6 is 0 Å². The quantitative estimate of drug-likeness (QED) is 0.0507. The summed E-state index contributed by atoms with van der Waals surface area (Å²) >= 11 is 0. The van der Waals surface area contributed by atoms with Gasteiger partial charge in [0, 0.05) is 20.8 Å². The molecule has 0 aliphatic carbocycles. The summed E-state index contributed by atoms with van der Waals surface area (Å²) in [7, 11) is 0. The van der Waals surface area contributed by atoms with E-state index in [1.807, 2.05) is 0 Å². The molecule has 5 aliphatic rings. The maximum Gasteiger partial charge on any atom is 0.217 e. The van der Waals surface area contributed by atoms with Gasteiger partial charge in [0.2, 0.25) is 17.7 Å². The first-order valence-corrected chi connectivity index (χ1v) is 23.7. The zero-order valence-corrected chi connectivity index (χ0v) is 40.7. The van der Waals surface area contributed by atoms with Gasteiger partial charge in [-0.05, 0) is 13.8 Å². The largest absolute Gasteiger partial charge is 0.394 e. The Labute approximate surface area is 422 Å². The van der Waals surface area contributed by atoms with Crippen LogP contribution in [0.2, 0.25) is 0 Å². The summed E-state index contributed by atoms with van der Waals surface area (Å²) in [6.07, 6.45) is -47.8. The van der Waals surface area contributed by atoms with Crippen molar-refractivity contribution < 1.29 is 143 Å². The topological polar surface area (TPSA) is 503 Å². The smallest absolute Gasteiger partial charge is 0.217 e. The molecule has 0 aromatic rings. The van der Waals surface area contributed by atoms with E-state index >= 15 is 0 Å². The molecule has 430 valence electrons. The summed E-state index contributed by atoms with van der Waals surface area (Å²) in [4.78, 5) is 37.7. The van der Waals surface area contributed by atoms with Crippen molar-refractivity contribution in [2.75, 3.05) is 33.0 Å². The second-order valence-electron chi connectivity index (χ2n) is 18.7. The maximum absolute atomic E-state index is 13.0. The number of carbonyl (C=O) groups is 3. The van der Waals surface area contributed by atoms with Crippen molar-refractivity contribution in [2.24, 2.45) is 0 Å². The lowest BCUT2D eigenvalue weighted by molar-refractivity contribution is -0.374. The van der Waals surface area contributed by atoms with Crippen LogP contribution in [0.15, 0.2) is 0 Å². The SMILES string of the molecule is CC(=O)N[C@H]1[C@H](O[C@@H]2[C@@H](NC(C)=O)[C@H](OC[C@@H](O)[C@H](O)[C@H](O[C@@H]3O[C@H](CO)[C@H](O)[C@H](O)[C@H]3O[C@@H]3O[C@@H](C)[C@@H](O)[C@@H](O)[C@@H]3O)[C@H](CO)NC(C)=O)O[C@H](CO)[C@H]2O[C@@H]2O[C@@H](C)[C@@H](O)[C@@H](O)[C@@H]2O)O[C@H](CO)[C@@H](O)[C@@H]1O. The fourth-order valence-electron chi connectivity index (χ4n) is 9.09. The van der Waals surface area contributed by atoms with Gasteiger partial charge in [0.05, 0.1) is 51.3 Å². The number of nitrogens with one attached hydrogen (secondary N) is 3. The Morgan fingerprint density at radius 3 is 1.43 bits per heavy atom. The number of hydrogen-bond acceptors (Lipinski definition) is 29. The van der Waals surface area contributed by atoms with Crippen LogP contribution in [0.5, 0.6) is 0 Å². The minimum atomic E-state index is -2.33. The Bertz CT molecular complexity index is 1780. The number of hydrogen-bond donors (Lipinski definition) is 19. The molecular weight excluding hydrogens is 1010 g/mol. The van der Waals surface area contributed by atoms with Gasteiger partial charge in [0.25, 0.3) is 0 Å². The highest BCUT2D eigenvalue weighted by atomic mass is 16.8. The van der Waals surface area contributed by atoms with Gasteiger partial charge in [-0.2, -0.15) is 0 Å². The third kappa shape index (κ3) is 14.3. The molecule has 5 saturated heterocycles. The van der Waals surface area contributed by atoms with Crippen LogP contribution < -0.4 is 16.0 Å². The third-order valence-electron chi connectivity index (χ3n) is 13.2. The molecule has 0 spiro atoms. The van der Waals surface area contributed by atoms with Crippen molar-refractivity contribution in [2.45, 2.75) is 212 Å². The fraction of sp³-hybridized carbons (Fsp3) is 0.929. The van der Waals surface area contributed by atoms with E-state index in [2.05, 4.69) is 16.0 Å². The van der Waals surface area contributed by atoms with Gasteiger partial charge in [-0.15, -0.1) is 0 Å². The van der Waals surface area contributed by atoms with Crippen molar-refractivity contribution >= 4 is 17.7 Å². The lowest BCUT2D eigenvalue weighted by Crippen LogP contribution is -2.71. The molecular formula is C42H73N3O29. The predicted octanol–water partition coefficient (Wildman–Crippen LogP) is -12.0. The normalized spacial score (nSPS) is 44.6. The standard InChI is InChI=1S/C42H73N3O29/c1-11-23(54)29(60)32(63)40(66-11)72-35-20(9-49)70-38(22(45-15(5)52)36(35)73-39-21(44-14(4)51)28(59)26(57)18(7-47)68-39)65-10-17(53)25(56)34(16(6-46)43-13(3)50)71-42-37(31(62)27(58)19(8-48)69-42)74-41-33(64)30(61)24(55)12(2)67-41/h11-12,16-42,46-49,53-64H,6-10H2,1-5H3,(H,43,50)(H,44,51)(H,45,52)/t11-,12-,16-,17+,18+,19+,20+,21+,22+,23+,24+,25-,26+,27-,28+,29+,30+,31-,32-,33-,34+,35+,36+,37+,38+,39-,40-,41-,42-/m0/s1. The molecule has 3 amide bonds. The predicted molar refractivity (Wildman–Crippen MR) is 233 cm³/mol. The van der Waals surface area contributed by atoms with Crippen molar-refractivity contribution in [3.63, 3.8) is 0 Å². The minimum absolute atomic E-state index is 0.780. The highest BCUT2D eigenvalue weighted by molar-refractivity contribution is 5.74. The molecule has 5 heterocycles. The lowest BCUT2D eigenvalue weighted by Gasteiger charge is -2.50. The fourth-order valence-corrected chi connectivity index (χ4v) is 9.09. The highest BCUT2D eigenvalue weighted by Crippen LogP contribution is 2.35. The average molecular weight is 1080 g/mol. The zero-order valence-electron chi connectivity index (χ0n) is 40.7. The molecule has 0 aromatic carbocycles. The van der Waals surface area contributed by atoms with Gasteiger partial charge in [-0.3, -0.25) is 14.4 Å². The van der Waals surface area contributed by atoms with E-state index in [-0.39, 0.29) is 0 Å². The maximum atomic E-state index is 13.0. The number of ether oxygens (including phenoxy) is 10. The van der Waals surface area contributed by atoms with Gasteiger partial charge in [0.1, 0.15) is 128 Å². The van der Waals surface area contributed by atoms with Crippen LogP contribution in [0.4, 0.5) is 0 Å². The van der Waals surface area contributed by atoms with Crippen LogP contribution in [0.1, 0.15) is 34.6 Å². The molecule has 29 atom stereocenters. The van der Waals surface area contributed by atoms with Crippen molar-refractivity contribution in [1.29, 1.82) is 0 Å². The Morgan fingerprint density at radius 2 is 0.946 bits per heavy atom. The van der Waals surface area contributed by atoms with Gasteiger partial charge >= 0.3 is 0 Å². The second kappa shape index (κ2) is 27.3. The first-order chi connectivity index (χ1) is 34.8. The molecule has 5 rings (SSSR count). The second-order valence-corrected chi connectivity index (χ2v) is 18.7. The van der Waals surface area contributed by atoms with Crippen molar-refractivity contribution in [3.05, 3.63) is 0 Å². The lowest BCUT2D eigenvalue weighted by atomic mass is 9.93. The first-order valence-electron chi connectivity index (χ1n) is 23.7. The molecule has 0 unspecified atom stereocenters. The molecule has 5 aliphatic heterocycles. The first kappa shape index (κ1) is 62.2.